The molecule has 0 spiro atoms. The van der Waals surface area contributed by atoms with Gasteiger partial charge in [0.05, 0.1) is 0 Å². The number of hydrogen-bond acceptors (Lipinski definition) is 3. The highest BCUT2D eigenvalue weighted by molar-refractivity contribution is 6.28. The number of halogens is 1. The molecular weight excluding hydrogens is 260 g/mol. The molecule has 0 bridgehead atoms. The molecule has 0 radical (unpaired) electrons. The Labute approximate surface area is 108 Å². The van der Waals surface area contributed by atoms with Crippen molar-refractivity contribution in [3.8, 4) is 0 Å². The van der Waals surface area contributed by atoms with Crippen LogP contribution in [0.1, 0.15) is 0 Å². The van der Waals surface area contributed by atoms with E-state index in [0.717, 1.165) is 0 Å². The number of carbonyl (C=O) groups excluding carboxylic acids is 3. The Bertz CT molecular complexity index is 438. The van der Waals surface area contributed by atoms with Gasteiger partial charge < -0.3 is 5.32 Å². The van der Waals surface area contributed by atoms with Crippen LogP contribution < -0.4 is 21.5 Å². The van der Waals surface area contributed by atoms with E-state index in [1.165, 1.54) is 0 Å². The highest BCUT2D eigenvalue weighted by Crippen LogP contribution is 2.03. The maximum Gasteiger partial charge on any atom is 0.340 e. The molecule has 0 aliphatic carbocycles. The summed E-state index contributed by atoms with van der Waals surface area (Å²) in [5.41, 5.74) is 4.59. The van der Waals surface area contributed by atoms with Gasteiger partial charge in [0.15, 0.2) is 0 Å². The van der Waals surface area contributed by atoms with E-state index in [-0.39, 0.29) is 5.88 Å². The fourth-order valence-corrected chi connectivity index (χ4v) is 1.06. The average Bonchev–Trinajstić information content (AvgIpc) is 2.37. The van der Waals surface area contributed by atoms with Crippen molar-refractivity contribution in [3.63, 3.8) is 0 Å². The van der Waals surface area contributed by atoms with Crippen molar-refractivity contribution in [2.45, 2.75) is 0 Å². The second-order valence-corrected chi connectivity index (χ2v) is 3.35. The van der Waals surface area contributed by atoms with Gasteiger partial charge in [-0.05, 0) is 12.1 Å². The highest BCUT2D eigenvalue weighted by atomic mass is 35.5. The first kappa shape index (κ1) is 13.8. The SMILES string of the molecule is O=C(CCl)NC(=O)NNC(=O)Nc1ccccc1. The zero-order valence-corrected chi connectivity index (χ0v) is 9.95. The maximum absolute atomic E-state index is 11.3. The molecule has 1 aromatic carbocycles. The first-order valence-corrected chi connectivity index (χ1v) is 5.43. The third-order valence-electron chi connectivity index (χ3n) is 1.70. The van der Waals surface area contributed by atoms with Gasteiger partial charge >= 0.3 is 12.1 Å². The number of amides is 5. The minimum atomic E-state index is -0.871. The van der Waals surface area contributed by atoms with Crippen LogP contribution in [0.3, 0.4) is 0 Å². The molecule has 1 rings (SSSR count). The molecule has 0 fully saturated rings. The molecule has 4 N–H and O–H groups in total. The van der Waals surface area contributed by atoms with Gasteiger partial charge in [-0.2, -0.15) is 0 Å². The van der Waals surface area contributed by atoms with E-state index < -0.39 is 18.0 Å². The van der Waals surface area contributed by atoms with Crippen LogP contribution in [-0.2, 0) is 4.79 Å². The van der Waals surface area contributed by atoms with Crippen LogP contribution in [0.25, 0.3) is 0 Å². The van der Waals surface area contributed by atoms with Gasteiger partial charge in [-0.1, -0.05) is 18.2 Å². The number of alkyl halides is 1. The lowest BCUT2D eigenvalue weighted by atomic mass is 10.3. The monoisotopic (exact) mass is 270 g/mol. The summed E-state index contributed by atoms with van der Waals surface area (Å²) in [4.78, 5) is 33.0. The molecule has 0 aromatic heterocycles. The lowest BCUT2D eigenvalue weighted by molar-refractivity contribution is -0.117. The molecule has 1 aromatic rings. The lowest BCUT2D eigenvalue weighted by Crippen LogP contribution is -2.50. The molecule has 18 heavy (non-hydrogen) atoms. The molecule has 0 unspecified atom stereocenters. The van der Waals surface area contributed by atoms with Crippen molar-refractivity contribution in [1.29, 1.82) is 0 Å². The van der Waals surface area contributed by atoms with Crippen molar-refractivity contribution < 1.29 is 14.4 Å². The topological polar surface area (TPSA) is 99.3 Å². The Morgan fingerprint density at radius 1 is 1.00 bits per heavy atom. The number of rotatable bonds is 2. The quantitative estimate of drug-likeness (QED) is 0.472. The Hall–Kier alpha value is -2.28. The van der Waals surface area contributed by atoms with Crippen molar-refractivity contribution in [1.82, 2.24) is 16.2 Å². The first-order chi connectivity index (χ1) is 8.61. The van der Waals surface area contributed by atoms with E-state index in [4.69, 9.17) is 11.6 Å². The molecule has 0 aliphatic heterocycles. The summed E-state index contributed by atoms with van der Waals surface area (Å²) < 4.78 is 0. The van der Waals surface area contributed by atoms with Gasteiger partial charge in [0.2, 0.25) is 5.91 Å². The Morgan fingerprint density at radius 3 is 2.22 bits per heavy atom. The Kier molecular flexibility index (Phi) is 5.46. The fraction of sp³-hybridized carbons (Fsp3) is 0.100. The summed E-state index contributed by atoms with van der Waals surface area (Å²) in [6, 6.07) is 7.13. The smallest absolute Gasteiger partial charge is 0.307 e. The average molecular weight is 271 g/mol. The standard InChI is InChI=1S/C10H11ClN4O3/c11-6-8(16)13-10(18)15-14-9(17)12-7-4-2-1-3-5-7/h1-5H,6H2,(H2,12,14,17)(H2,13,15,16,18). The summed E-state index contributed by atoms with van der Waals surface area (Å²) in [5, 5.41) is 4.35. The molecule has 0 aliphatic rings. The van der Waals surface area contributed by atoms with Gasteiger partial charge in [-0.15, -0.1) is 11.6 Å². The summed E-state index contributed by atoms with van der Waals surface area (Å²) in [5.74, 6) is -1.01. The Morgan fingerprint density at radius 2 is 1.61 bits per heavy atom. The second kappa shape index (κ2) is 7.13. The van der Waals surface area contributed by atoms with Crippen molar-refractivity contribution >= 4 is 35.3 Å². The molecule has 0 saturated carbocycles. The number of imide groups is 1. The van der Waals surface area contributed by atoms with Gasteiger partial charge in [0.1, 0.15) is 5.88 Å². The minimum Gasteiger partial charge on any atom is -0.307 e. The fourth-order valence-electron chi connectivity index (χ4n) is 0.989. The van der Waals surface area contributed by atoms with Gasteiger partial charge in [-0.3, -0.25) is 10.1 Å². The molecular formula is C10H11ClN4O3. The minimum absolute atomic E-state index is 0.344. The van der Waals surface area contributed by atoms with Crippen molar-refractivity contribution in [3.05, 3.63) is 30.3 Å². The Balaban J connectivity index is 2.29. The number of carbonyl (C=O) groups is 3. The van der Waals surface area contributed by atoms with Crippen LogP contribution in [0.15, 0.2) is 30.3 Å². The van der Waals surface area contributed by atoms with Crippen LogP contribution in [0.2, 0.25) is 0 Å². The van der Waals surface area contributed by atoms with Gasteiger partial charge in [-0.25, -0.2) is 20.4 Å². The third-order valence-corrected chi connectivity index (χ3v) is 1.94. The number of nitrogens with one attached hydrogen (secondary N) is 4. The molecule has 5 amide bonds. The van der Waals surface area contributed by atoms with Crippen LogP contribution >= 0.6 is 11.6 Å². The van der Waals surface area contributed by atoms with Crippen LogP contribution in [0.4, 0.5) is 15.3 Å². The van der Waals surface area contributed by atoms with E-state index >= 15 is 0 Å². The van der Waals surface area contributed by atoms with E-state index in [1.54, 1.807) is 30.3 Å². The number of para-hydroxylation sites is 1. The van der Waals surface area contributed by atoms with E-state index in [0.29, 0.717) is 5.69 Å². The summed E-state index contributed by atoms with van der Waals surface area (Å²) >= 11 is 5.17. The van der Waals surface area contributed by atoms with Gasteiger partial charge in [0, 0.05) is 5.69 Å². The number of hydrazine groups is 1. The maximum atomic E-state index is 11.3. The van der Waals surface area contributed by atoms with Crippen LogP contribution in [0.5, 0.6) is 0 Å². The molecule has 0 atom stereocenters. The molecule has 0 saturated heterocycles. The molecule has 96 valence electrons. The van der Waals surface area contributed by atoms with Crippen LogP contribution in [0, 0.1) is 0 Å². The molecule has 7 nitrogen and oxygen atoms in total. The number of urea groups is 2. The zero-order valence-electron chi connectivity index (χ0n) is 9.20. The molecule has 0 heterocycles. The molecule has 8 heteroatoms. The third kappa shape index (κ3) is 5.17. The lowest BCUT2D eigenvalue weighted by Gasteiger charge is -2.08. The summed E-state index contributed by atoms with van der Waals surface area (Å²) in [7, 11) is 0. The van der Waals surface area contributed by atoms with Gasteiger partial charge in [0.25, 0.3) is 0 Å². The summed E-state index contributed by atoms with van der Waals surface area (Å²) in [6.45, 7) is 0. The van der Waals surface area contributed by atoms with Crippen LogP contribution in [-0.4, -0.2) is 23.8 Å². The first-order valence-electron chi connectivity index (χ1n) is 4.89. The van der Waals surface area contributed by atoms with Crippen molar-refractivity contribution in [2.75, 3.05) is 11.2 Å². The van der Waals surface area contributed by atoms with E-state index in [1.807, 2.05) is 10.7 Å². The number of hydrogen-bond donors (Lipinski definition) is 4. The summed E-state index contributed by atoms with van der Waals surface area (Å²) in [6.07, 6.45) is 0. The normalized spacial score (nSPS) is 9.17. The van der Waals surface area contributed by atoms with E-state index in [9.17, 15) is 14.4 Å². The highest BCUT2D eigenvalue weighted by Gasteiger charge is 2.07. The second-order valence-electron chi connectivity index (χ2n) is 3.08. The predicted molar refractivity (Wildman–Crippen MR) is 66.0 cm³/mol. The van der Waals surface area contributed by atoms with Crippen molar-refractivity contribution in [2.24, 2.45) is 0 Å². The number of anilines is 1. The van der Waals surface area contributed by atoms with E-state index in [2.05, 4.69) is 10.7 Å². The number of benzene rings is 1. The largest absolute Gasteiger partial charge is 0.340 e. The predicted octanol–water partition coefficient (Wildman–Crippen LogP) is 0.788. The zero-order chi connectivity index (χ0) is 13.4.